The minimum atomic E-state index is -0.291. The molecule has 0 radical (unpaired) electrons. The summed E-state index contributed by atoms with van der Waals surface area (Å²) < 4.78 is 17.4. The van der Waals surface area contributed by atoms with Crippen LogP contribution in [0.4, 0.5) is 0 Å². The summed E-state index contributed by atoms with van der Waals surface area (Å²) in [5.41, 5.74) is 1.28. The molecule has 31 heavy (non-hydrogen) atoms. The molecule has 3 aromatic rings. The molecule has 0 bridgehead atoms. The molecule has 0 aliphatic rings. The number of aromatic nitrogens is 2. The lowest BCUT2D eigenvalue weighted by atomic mass is 10.1. The van der Waals surface area contributed by atoms with Gasteiger partial charge in [0.1, 0.15) is 17.2 Å². The number of nitrogens with one attached hydrogen (secondary N) is 1. The van der Waals surface area contributed by atoms with E-state index >= 15 is 0 Å². The lowest BCUT2D eigenvalue weighted by Crippen LogP contribution is -2.34. The maximum atomic E-state index is 12.1. The minimum absolute atomic E-state index is 0.135. The smallest absolute Gasteiger partial charge is 0.266 e. The third-order valence-corrected chi connectivity index (χ3v) is 4.38. The van der Waals surface area contributed by atoms with Crippen LogP contribution in [-0.2, 0) is 11.3 Å². The summed E-state index contributed by atoms with van der Waals surface area (Å²) in [7, 11) is 1.60. The van der Waals surface area contributed by atoms with E-state index in [2.05, 4.69) is 10.4 Å². The molecule has 8 heteroatoms. The zero-order valence-corrected chi connectivity index (χ0v) is 17.5. The molecule has 0 atom stereocenters. The number of rotatable bonds is 10. The molecule has 0 saturated carbocycles. The summed E-state index contributed by atoms with van der Waals surface area (Å²) >= 11 is 0. The van der Waals surface area contributed by atoms with Crippen molar-refractivity contribution in [2.45, 2.75) is 13.5 Å². The van der Waals surface area contributed by atoms with Crippen LogP contribution in [0, 0.1) is 0 Å². The Morgan fingerprint density at radius 3 is 2.45 bits per heavy atom. The topological polar surface area (TPSA) is 91.7 Å². The number of amides is 1. The Balaban J connectivity index is 1.52. The van der Waals surface area contributed by atoms with Gasteiger partial charge >= 0.3 is 0 Å². The first-order valence-electron chi connectivity index (χ1n) is 9.94. The largest absolute Gasteiger partial charge is 0.497 e. The standard InChI is InChI=1S/C23H25N3O5/c1-3-30-19-5-4-6-20(15-19)31-16-22(27)24-13-14-26-23(28)12-11-21(25-26)17-7-9-18(29-2)10-8-17/h4-12,15H,3,13-14,16H2,1-2H3,(H,24,27). The number of ether oxygens (including phenoxy) is 3. The second-order valence-electron chi connectivity index (χ2n) is 6.55. The van der Waals surface area contributed by atoms with Crippen LogP contribution in [0.3, 0.4) is 0 Å². The van der Waals surface area contributed by atoms with Crippen LogP contribution in [-0.4, -0.2) is 42.6 Å². The van der Waals surface area contributed by atoms with Crippen molar-refractivity contribution in [1.29, 1.82) is 0 Å². The number of methoxy groups -OCH3 is 1. The molecular weight excluding hydrogens is 398 g/mol. The highest BCUT2D eigenvalue weighted by Gasteiger charge is 2.07. The van der Waals surface area contributed by atoms with Crippen LogP contribution in [0.25, 0.3) is 11.3 Å². The van der Waals surface area contributed by atoms with Gasteiger partial charge in [-0.2, -0.15) is 5.10 Å². The first-order chi connectivity index (χ1) is 15.1. The van der Waals surface area contributed by atoms with Crippen molar-refractivity contribution >= 4 is 5.91 Å². The number of benzene rings is 2. The Labute approximate surface area is 180 Å². The second-order valence-corrected chi connectivity index (χ2v) is 6.55. The van der Waals surface area contributed by atoms with Gasteiger partial charge in [0.05, 0.1) is 26.0 Å². The van der Waals surface area contributed by atoms with Crippen LogP contribution in [0.2, 0.25) is 0 Å². The third-order valence-electron chi connectivity index (χ3n) is 4.38. The molecule has 162 valence electrons. The second kappa shape index (κ2) is 10.8. The normalized spacial score (nSPS) is 10.4. The van der Waals surface area contributed by atoms with Crippen molar-refractivity contribution in [3.63, 3.8) is 0 Å². The Hall–Kier alpha value is -3.81. The van der Waals surface area contributed by atoms with Crippen LogP contribution in [0.15, 0.2) is 65.5 Å². The molecule has 8 nitrogen and oxygen atoms in total. The van der Waals surface area contributed by atoms with Gasteiger partial charge in [-0.1, -0.05) is 6.07 Å². The van der Waals surface area contributed by atoms with E-state index in [0.717, 1.165) is 11.3 Å². The molecule has 0 aliphatic heterocycles. The Kier molecular flexibility index (Phi) is 7.64. The van der Waals surface area contributed by atoms with Gasteiger partial charge in [-0.3, -0.25) is 9.59 Å². The van der Waals surface area contributed by atoms with E-state index in [9.17, 15) is 9.59 Å². The van der Waals surface area contributed by atoms with E-state index in [0.29, 0.717) is 23.8 Å². The molecule has 0 fully saturated rings. The highest BCUT2D eigenvalue weighted by atomic mass is 16.5. The van der Waals surface area contributed by atoms with Gasteiger partial charge in [0.25, 0.3) is 11.5 Å². The van der Waals surface area contributed by atoms with Gasteiger partial charge < -0.3 is 19.5 Å². The summed E-state index contributed by atoms with van der Waals surface area (Å²) in [5, 5.41) is 7.11. The fourth-order valence-electron chi connectivity index (χ4n) is 2.85. The Bertz CT molecular complexity index is 1060. The maximum Gasteiger partial charge on any atom is 0.266 e. The first-order valence-corrected chi connectivity index (χ1v) is 9.94. The van der Waals surface area contributed by atoms with E-state index in [1.54, 1.807) is 31.4 Å². The lowest BCUT2D eigenvalue weighted by molar-refractivity contribution is -0.123. The van der Waals surface area contributed by atoms with Gasteiger partial charge in [0.2, 0.25) is 0 Å². The van der Waals surface area contributed by atoms with Gasteiger partial charge in [-0.05, 0) is 49.4 Å². The molecule has 1 N–H and O–H groups in total. The molecule has 0 aliphatic carbocycles. The lowest BCUT2D eigenvalue weighted by Gasteiger charge is -2.10. The van der Waals surface area contributed by atoms with Crippen molar-refractivity contribution in [2.75, 3.05) is 26.9 Å². The van der Waals surface area contributed by atoms with Gasteiger partial charge in [-0.15, -0.1) is 0 Å². The predicted octanol–water partition coefficient (Wildman–Crippen LogP) is 2.51. The van der Waals surface area contributed by atoms with E-state index in [-0.39, 0.29) is 31.2 Å². The van der Waals surface area contributed by atoms with Crippen LogP contribution < -0.4 is 25.1 Å². The summed E-state index contributed by atoms with van der Waals surface area (Å²) in [4.78, 5) is 24.2. The van der Waals surface area contributed by atoms with Crippen molar-refractivity contribution in [3.8, 4) is 28.5 Å². The zero-order valence-electron chi connectivity index (χ0n) is 17.5. The molecule has 1 amide bonds. The summed E-state index contributed by atoms with van der Waals surface area (Å²) in [6, 6.07) is 17.6. The maximum absolute atomic E-state index is 12.1. The molecule has 0 saturated heterocycles. The number of nitrogens with zero attached hydrogens (tertiary/aromatic N) is 2. The fraction of sp³-hybridized carbons (Fsp3) is 0.261. The fourth-order valence-corrected chi connectivity index (χ4v) is 2.85. The van der Waals surface area contributed by atoms with Gasteiger partial charge in [0.15, 0.2) is 6.61 Å². The molecule has 1 heterocycles. The number of hydrogen-bond donors (Lipinski definition) is 1. The van der Waals surface area contributed by atoms with Crippen LogP contribution in [0.5, 0.6) is 17.2 Å². The quantitative estimate of drug-likeness (QED) is 0.539. The van der Waals surface area contributed by atoms with Gasteiger partial charge in [-0.25, -0.2) is 4.68 Å². The molecule has 2 aromatic carbocycles. The monoisotopic (exact) mass is 423 g/mol. The molecule has 0 unspecified atom stereocenters. The predicted molar refractivity (Wildman–Crippen MR) is 117 cm³/mol. The molecule has 1 aromatic heterocycles. The Morgan fingerprint density at radius 1 is 1.00 bits per heavy atom. The van der Waals surface area contributed by atoms with E-state index in [4.69, 9.17) is 14.2 Å². The zero-order chi connectivity index (χ0) is 22.1. The van der Waals surface area contributed by atoms with Crippen LogP contribution >= 0.6 is 0 Å². The summed E-state index contributed by atoms with van der Waals surface area (Å²) in [6.07, 6.45) is 0. The number of hydrogen-bond acceptors (Lipinski definition) is 6. The number of carbonyl (C=O) groups excluding carboxylic acids is 1. The van der Waals surface area contributed by atoms with E-state index in [1.807, 2.05) is 37.3 Å². The van der Waals surface area contributed by atoms with Crippen molar-refractivity contribution in [1.82, 2.24) is 15.1 Å². The van der Waals surface area contributed by atoms with Gasteiger partial charge in [0, 0.05) is 24.2 Å². The van der Waals surface area contributed by atoms with E-state index < -0.39 is 0 Å². The average molecular weight is 423 g/mol. The average Bonchev–Trinajstić information content (AvgIpc) is 2.79. The number of carbonyl (C=O) groups is 1. The first kappa shape index (κ1) is 21.9. The van der Waals surface area contributed by atoms with Crippen molar-refractivity contribution in [3.05, 3.63) is 71.0 Å². The minimum Gasteiger partial charge on any atom is -0.497 e. The molecule has 3 rings (SSSR count). The molecule has 0 spiro atoms. The SMILES string of the molecule is CCOc1cccc(OCC(=O)NCCn2nc(-c3ccc(OC)cc3)ccc2=O)c1. The Morgan fingerprint density at radius 2 is 1.74 bits per heavy atom. The van der Waals surface area contributed by atoms with Crippen molar-refractivity contribution < 1.29 is 19.0 Å². The summed E-state index contributed by atoms with van der Waals surface area (Å²) in [6.45, 7) is 2.81. The van der Waals surface area contributed by atoms with Crippen molar-refractivity contribution in [2.24, 2.45) is 0 Å². The summed E-state index contributed by atoms with van der Waals surface area (Å²) in [5.74, 6) is 1.68. The molecular formula is C23H25N3O5. The van der Waals surface area contributed by atoms with E-state index in [1.165, 1.54) is 10.7 Å². The highest BCUT2D eigenvalue weighted by Crippen LogP contribution is 2.20. The third kappa shape index (κ3) is 6.33. The van der Waals surface area contributed by atoms with Crippen LogP contribution in [0.1, 0.15) is 6.92 Å². The highest BCUT2D eigenvalue weighted by molar-refractivity contribution is 5.77.